The molecule has 0 N–H and O–H groups in total. The van der Waals surface area contributed by atoms with Crippen molar-refractivity contribution < 1.29 is 4.79 Å². The molecule has 2 aliphatic carbocycles. The van der Waals surface area contributed by atoms with Gasteiger partial charge in [-0.15, -0.1) is 0 Å². The maximum absolute atomic E-state index is 13.1. The standard InChI is InChI=1S/C21H29NO/c23-20-19-9-5-4-8-18(19)10-11-21(20)12-14-22(15-13-21)16-17-6-2-1-3-7-17/h4-5,8-9,17H,1-3,6-7,10-16H2. The summed E-state index contributed by atoms with van der Waals surface area (Å²) in [4.78, 5) is 15.7. The highest BCUT2D eigenvalue weighted by molar-refractivity contribution is 6.02. The first-order valence-corrected chi connectivity index (χ1v) is 9.62. The van der Waals surface area contributed by atoms with E-state index in [1.807, 2.05) is 12.1 Å². The molecule has 2 nitrogen and oxygen atoms in total. The average Bonchev–Trinajstić information content (AvgIpc) is 2.61. The third kappa shape index (κ3) is 2.98. The first-order valence-electron chi connectivity index (χ1n) is 9.62. The zero-order valence-corrected chi connectivity index (χ0v) is 14.2. The molecule has 0 aromatic heterocycles. The van der Waals surface area contributed by atoms with Crippen molar-refractivity contribution in [2.45, 2.75) is 57.8 Å². The van der Waals surface area contributed by atoms with E-state index < -0.39 is 0 Å². The predicted molar refractivity (Wildman–Crippen MR) is 93.8 cm³/mol. The zero-order chi connectivity index (χ0) is 15.7. The van der Waals surface area contributed by atoms with Gasteiger partial charge < -0.3 is 4.90 Å². The highest BCUT2D eigenvalue weighted by Crippen LogP contribution is 2.43. The van der Waals surface area contributed by atoms with E-state index in [1.165, 1.54) is 44.2 Å². The number of carbonyl (C=O) groups excluding carboxylic acids is 1. The van der Waals surface area contributed by atoms with E-state index in [9.17, 15) is 4.79 Å². The zero-order valence-electron chi connectivity index (χ0n) is 14.2. The molecule has 1 aromatic rings. The van der Waals surface area contributed by atoms with Crippen LogP contribution in [0.3, 0.4) is 0 Å². The smallest absolute Gasteiger partial charge is 0.169 e. The van der Waals surface area contributed by atoms with Gasteiger partial charge in [-0.3, -0.25) is 4.79 Å². The van der Waals surface area contributed by atoms with Crippen molar-refractivity contribution in [3.05, 3.63) is 35.4 Å². The number of fused-ring (bicyclic) bond motifs is 1. The van der Waals surface area contributed by atoms with E-state index in [0.717, 1.165) is 50.3 Å². The normalized spacial score (nSPS) is 25.5. The molecule has 0 bridgehead atoms. The molecular weight excluding hydrogens is 282 g/mol. The van der Waals surface area contributed by atoms with Crippen LogP contribution in [0.15, 0.2) is 24.3 Å². The van der Waals surface area contributed by atoms with Crippen molar-refractivity contribution in [3.63, 3.8) is 0 Å². The molecule has 1 aromatic carbocycles. The minimum Gasteiger partial charge on any atom is -0.303 e. The molecule has 0 amide bonds. The lowest BCUT2D eigenvalue weighted by Gasteiger charge is -2.44. The van der Waals surface area contributed by atoms with Crippen molar-refractivity contribution in [1.29, 1.82) is 0 Å². The van der Waals surface area contributed by atoms with Crippen LogP contribution < -0.4 is 0 Å². The number of ketones is 1. The number of rotatable bonds is 2. The summed E-state index contributed by atoms with van der Waals surface area (Å²) >= 11 is 0. The minimum absolute atomic E-state index is 0.0442. The van der Waals surface area contributed by atoms with Crippen molar-refractivity contribution in [2.24, 2.45) is 11.3 Å². The fraction of sp³-hybridized carbons (Fsp3) is 0.667. The van der Waals surface area contributed by atoms with Crippen molar-refractivity contribution >= 4 is 5.78 Å². The summed E-state index contributed by atoms with van der Waals surface area (Å²) in [6.07, 6.45) is 11.5. The Kier molecular flexibility index (Phi) is 4.27. The number of piperidine rings is 1. The van der Waals surface area contributed by atoms with E-state index >= 15 is 0 Å². The van der Waals surface area contributed by atoms with Gasteiger partial charge in [-0.1, -0.05) is 43.5 Å². The molecular formula is C21H29NO. The van der Waals surface area contributed by atoms with Gasteiger partial charge in [0, 0.05) is 17.5 Å². The Morgan fingerprint density at radius 2 is 1.74 bits per heavy atom. The van der Waals surface area contributed by atoms with Crippen LogP contribution in [-0.4, -0.2) is 30.3 Å². The summed E-state index contributed by atoms with van der Waals surface area (Å²) in [6, 6.07) is 8.27. The number of likely N-dealkylation sites (tertiary alicyclic amines) is 1. The first kappa shape index (κ1) is 15.4. The second kappa shape index (κ2) is 6.39. The molecule has 1 saturated carbocycles. The molecule has 1 saturated heterocycles. The number of Topliss-reactive ketones (excluding diaryl/α,β-unsaturated/α-hetero) is 1. The Morgan fingerprint density at radius 1 is 1.00 bits per heavy atom. The number of carbonyl (C=O) groups is 1. The minimum atomic E-state index is -0.0442. The summed E-state index contributed by atoms with van der Waals surface area (Å²) in [6.45, 7) is 3.54. The highest BCUT2D eigenvalue weighted by atomic mass is 16.1. The number of hydrogen-bond acceptors (Lipinski definition) is 2. The Bertz CT molecular complexity index is 565. The van der Waals surface area contributed by atoms with Gasteiger partial charge >= 0.3 is 0 Å². The molecule has 0 radical (unpaired) electrons. The van der Waals surface area contributed by atoms with Gasteiger partial charge in [0.05, 0.1) is 0 Å². The fourth-order valence-corrected chi connectivity index (χ4v) is 5.11. The van der Waals surface area contributed by atoms with Crippen LogP contribution in [0.5, 0.6) is 0 Å². The lowest BCUT2D eigenvalue weighted by atomic mass is 9.65. The van der Waals surface area contributed by atoms with Crippen molar-refractivity contribution in [3.8, 4) is 0 Å². The summed E-state index contributed by atoms with van der Waals surface area (Å²) in [5.41, 5.74) is 2.24. The highest BCUT2D eigenvalue weighted by Gasteiger charge is 2.44. The molecule has 2 heteroatoms. The van der Waals surface area contributed by atoms with E-state index in [2.05, 4.69) is 17.0 Å². The summed E-state index contributed by atoms with van der Waals surface area (Å²) < 4.78 is 0. The van der Waals surface area contributed by atoms with Crippen LogP contribution in [0.4, 0.5) is 0 Å². The largest absolute Gasteiger partial charge is 0.303 e. The Morgan fingerprint density at radius 3 is 2.52 bits per heavy atom. The SMILES string of the molecule is O=C1c2ccccc2CCC12CCN(CC1CCCCC1)CC2. The molecule has 124 valence electrons. The summed E-state index contributed by atoms with van der Waals surface area (Å²) in [5.74, 6) is 1.36. The van der Waals surface area contributed by atoms with Crippen molar-refractivity contribution in [2.75, 3.05) is 19.6 Å². The third-order valence-electron chi connectivity index (χ3n) is 6.67. The second-order valence-electron chi connectivity index (χ2n) is 8.07. The van der Waals surface area contributed by atoms with E-state index in [-0.39, 0.29) is 5.41 Å². The quantitative estimate of drug-likeness (QED) is 0.802. The van der Waals surface area contributed by atoms with Crippen molar-refractivity contribution in [1.82, 2.24) is 4.90 Å². The number of nitrogens with zero attached hydrogens (tertiary/aromatic N) is 1. The number of aryl methyl sites for hydroxylation is 1. The van der Waals surface area contributed by atoms with E-state index in [0.29, 0.717) is 5.78 Å². The van der Waals surface area contributed by atoms with Crippen LogP contribution in [0.25, 0.3) is 0 Å². The molecule has 2 fully saturated rings. The first-order chi connectivity index (χ1) is 11.3. The maximum atomic E-state index is 13.1. The maximum Gasteiger partial charge on any atom is 0.169 e. The average molecular weight is 311 g/mol. The summed E-state index contributed by atoms with van der Waals surface area (Å²) in [7, 11) is 0. The van der Waals surface area contributed by atoms with E-state index in [1.54, 1.807) is 0 Å². The van der Waals surface area contributed by atoms with Crippen LogP contribution in [0.1, 0.15) is 67.3 Å². The Balaban J connectivity index is 1.40. The molecule has 23 heavy (non-hydrogen) atoms. The van der Waals surface area contributed by atoms with Crippen LogP contribution in [-0.2, 0) is 6.42 Å². The van der Waals surface area contributed by atoms with Gasteiger partial charge in [-0.2, -0.15) is 0 Å². The van der Waals surface area contributed by atoms with Gasteiger partial charge in [0.2, 0.25) is 0 Å². The summed E-state index contributed by atoms with van der Waals surface area (Å²) in [5, 5.41) is 0. The number of hydrogen-bond donors (Lipinski definition) is 0. The molecule has 4 rings (SSSR count). The van der Waals surface area contributed by atoms with Crippen LogP contribution in [0, 0.1) is 11.3 Å². The molecule has 3 aliphatic rings. The van der Waals surface area contributed by atoms with Crippen LogP contribution >= 0.6 is 0 Å². The van der Waals surface area contributed by atoms with Gasteiger partial charge in [0.25, 0.3) is 0 Å². The Labute approximate surface area is 140 Å². The van der Waals surface area contributed by atoms with Gasteiger partial charge in [-0.05, 0) is 63.1 Å². The van der Waals surface area contributed by atoms with Gasteiger partial charge in [-0.25, -0.2) is 0 Å². The molecule has 0 atom stereocenters. The lowest BCUT2D eigenvalue weighted by molar-refractivity contribution is 0.0500. The fourth-order valence-electron chi connectivity index (χ4n) is 5.11. The Hall–Kier alpha value is -1.15. The predicted octanol–water partition coefficient (Wildman–Crippen LogP) is 4.48. The second-order valence-corrected chi connectivity index (χ2v) is 8.07. The molecule has 1 aliphatic heterocycles. The third-order valence-corrected chi connectivity index (χ3v) is 6.67. The monoisotopic (exact) mass is 311 g/mol. The molecule has 1 spiro atoms. The van der Waals surface area contributed by atoms with Gasteiger partial charge in [0.1, 0.15) is 0 Å². The van der Waals surface area contributed by atoms with E-state index in [4.69, 9.17) is 0 Å². The molecule has 1 heterocycles. The molecule has 0 unspecified atom stereocenters. The topological polar surface area (TPSA) is 20.3 Å². The van der Waals surface area contributed by atoms with Gasteiger partial charge in [0.15, 0.2) is 5.78 Å². The lowest BCUT2D eigenvalue weighted by Crippen LogP contribution is -2.47. The van der Waals surface area contributed by atoms with Crippen LogP contribution in [0.2, 0.25) is 0 Å². The number of benzene rings is 1.